The topological polar surface area (TPSA) is 35.2 Å². The summed E-state index contributed by atoms with van der Waals surface area (Å²) in [5, 5.41) is 0. The SMILES string of the molecule is Cc1cc(C(N)=S)cc(C)c1OC1CC(C)CC(C)C1. The van der Waals surface area contributed by atoms with Crippen molar-refractivity contribution in [3.05, 3.63) is 28.8 Å². The van der Waals surface area contributed by atoms with Crippen molar-refractivity contribution in [3.8, 4) is 5.75 Å². The van der Waals surface area contributed by atoms with E-state index < -0.39 is 0 Å². The molecule has 2 atom stereocenters. The standard InChI is InChI=1S/C17H25NOS/c1-10-5-11(2)7-15(6-10)19-16-12(3)8-14(17(18)20)9-13(16)4/h8-11,15H,5-7H2,1-4H3,(H2,18,20). The molecule has 0 bridgehead atoms. The van der Waals surface area contributed by atoms with Gasteiger partial charge in [-0.15, -0.1) is 0 Å². The molecular formula is C17H25NOS. The molecule has 0 amide bonds. The maximum absolute atomic E-state index is 6.31. The average Bonchev–Trinajstić information content (AvgIpc) is 2.32. The Hall–Kier alpha value is -1.09. The summed E-state index contributed by atoms with van der Waals surface area (Å²) in [6, 6.07) is 4.06. The first-order valence-electron chi connectivity index (χ1n) is 7.44. The molecule has 2 N–H and O–H groups in total. The number of ether oxygens (including phenoxy) is 1. The van der Waals surface area contributed by atoms with Crippen LogP contribution < -0.4 is 10.5 Å². The van der Waals surface area contributed by atoms with Crippen LogP contribution in [0.3, 0.4) is 0 Å². The van der Waals surface area contributed by atoms with Gasteiger partial charge in [-0.3, -0.25) is 0 Å². The highest BCUT2D eigenvalue weighted by atomic mass is 32.1. The van der Waals surface area contributed by atoms with Crippen LogP contribution in [0.2, 0.25) is 0 Å². The molecule has 110 valence electrons. The number of thiocarbonyl (C=S) groups is 1. The van der Waals surface area contributed by atoms with Gasteiger partial charge in [-0.05, 0) is 68.2 Å². The minimum absolute atomic E-state index is 0.335. The van der Waals surface area contributed by atoms with E-state index in [0.29, 0.717) is 11.1 Å². The maximum atomic E-state index is 6.31. The van der Waals surface area contributed by atoms with E-state index in [4.69, 9.17) is 22.7 Å². The van der Waals surface area contributed by atoms with Crippen molar-refractivity contribution in [2.45, 2.75) is 53.1 Å². The highest BCUT2D eigenvalue weighted by molar-refractivity contribution is 7.80. The molecule has 20 heavy (non-hydrogen) atoms. The molecule has 1 aliphatic rings. The summed E-state index contributed by atoms with van der Waals surface area (Å²) in [5.41, 5.74) is 8.88. The monoisotopic (exact) mass is 291 g/mol. The van der Waals surface area contributed by atoms with Gasteiger partial charge in [-0.2, -0.15) is 0 Å². The zero-order valence-electron chi connectivity index (χ0n) is 12.9. The van der Waals surface area contributed by atoms with Crippen LogP contribution in [0, 0.1) is 25.7 Å². The highest BCUT2D eigenvalue weighted by Gasteiger charge is 2.26. The van der Waals surface area contributed by atoms with Crippen molar-refractivity contribution >= 4 is 17.2 Å². The fourth-order valence-electron chi connectivity index (χ4n) is 3.41. The Balaban J connectivity index is 2.19. The van der Waals surface area contributed by atoms with E-state index in [9.17, 15) is 0 Å². The summed E-state index contributed by atoms with van der Waals surface area (Å²) in [4.78, 5) is 0.447. The zero-order valence-corrected chi connectivity index (χ0v) is 13.7. The molecule has 1 aromatic carbocycles. The van der Waals surface area contributed by atoms with Gasteiger partial charge in [0, 0.05) is 5.56 Å². The van der Waals surface area contributed by atoms with E-state index in [1.807, 2.05) is 12.1 Å². The predicted octanol–water partition coefficient (Wildman–Crippen LogP) is 4.14. The Morgan fingerprint density at radius 3 is 2.05 bits per heavy atom. The first-order valence-corrected chi connectivity index (χ1v) is 7.85. The van der Waals surface area contributed by atoms with Crippen molar-refractivity contribution in [3.63, 3.8) is 0 Å². The second-order valence-corrected chi connectivity index (χ2v) is 6.90. The number of hydrogen-bond acceptors (Lipinski definition) is 2. The second-order valence-electron chi connectivity index (χ2n) is 6.46. The predicted molar refractivity (Wildman–Crippen MR) is 88.4 cm³/mol. The molecule has 0 saturated heterocycles. The van der Waals surface area contributed by atoms with Crippen molar-refractivity contribution < 1.29 is 4.74 Å². The summed E-state index contributed by atoms with van der Waals surface area (Å²) in [6.07, 6.45) is 3.96. The lowest BCUT2D eigenvalue weighted by Gasteiger charge is -2.32. The van der Waals surface area contributed by atoms with Gasteiger partial charge in [0.1, 0.15) is 10.7 Å². The van der Waals surface area contributed by atoms with Gasteiger partial charge in [0.25, 0.3) is 0 Å². The van der Waals surface area contributed by atoms with Gasteiger partial charge >= 0.3 is 0 Å². The van der Waals surface area contributed by atoms with Gasteiger partial charge in [0.05, 0.1) is 6.10 Å². The lowest BCUT2D eigenvalue weighted by atomic mass is 9.81. The van der Waals surface area contributed by atoms with E-state index in [1.165, 1.54) is 6.42 Å². The van der Waals surface area contributed by atoms with E-state index >= 15 is 0 Å². The summed E-state index contributed by atoms with van der Waals surface area (Å²) in [5.74, 6) is 2.51. The van der Waals surface area contributed by atoms with E-state index in [0.717, 1.165) is 47.1 Å². The molecule has 3 heteroatoms. The number of rotatable bonds is 3. The largest absolute Gasteiger partial charge is 0.490 e. The molecule has 1 aliphatic carbocycles. The van der Waals surface area contributed by atoms with Crippen LogP contribution in [0.25, 0.3) is 0 Å². The quantitative estimate of drug-likeness (QED) is 0.850. The summed E-state index contributed by atoms with van der Waals surface area (Å²) < 4.78 is 6.31. The number of hydrogen-bond donors (Lipinski definition) is 1. The molecule has 2 unspecified atom stereocenters. The van der Waals surface area contributed by atoms with Gasteiger partial charge in [-0.1, -0.05) is 26.1 Å². The van der Waals surface area contributed by atoms with Crippen LogP contribution in [0.5, 0.6) is 5.75 Å². The summed E-state index contributed by atoms with van der Waals surface area (Å²) >= 11 is 5.05. The minimum atomic E-state index is 0.335. The number of benzene rings is 1. The molecule has 2 rings (SSSR count). The minimum Gasteiger partial charge on any atom is -0.490 e. The van der Waals surface area contributed by atoms with Crippen molar-refractivity contribution in [2.24, 2.45) is 17.6 Å². The Kier molecular flexibility index (Phi) is 4.69. The zero-order chi connectivity index (χ0) is 14.9. The Bertz CT molecular complexity index is 479. The van der Waals surface area contributed by atoms with E-state index in [2.05, 4.69) is 27.7 Å². The number of nitrogens with two attached hydrogens (primary N) is 1. The van der Waals surface area contributed by atoms with Crippen LogP contribution >= 0.6 is 12.2 Å². The highest BCUT2D eigenvalue weighted by Crippen LogP contribution is 2.33. The van der Waals surface area contributed by atoms with Crippen LogP contribution in [-0.4, -0.2) is 11.1 Å². The number of aryl methyl sites for hydroxylation is 2. The average molecular weight is 291 g/mol. The molecule has 0 radical (unpaired) electrons. The van der Waals surface area contributed by atoms with Crippen LogP contribution in [0.4, 0.5) is 0 Å². The molecule has 0 aliphatic heterocycles. The third-order valence-electron chi connectivity index (χ3n) is 4.16. The van der Waals surface area contributed by atoms with Gasteiger partial charge in [0.2, 0.25) is 0 Å². The molecule has 0 spiro atoms. The molecule has 1 fully saturated rings. The molecular weight excluding hydrogens is 266 g/mol. The molecule has 1 saturated carbocycles. The fraction of sp³-hybridized carbons (Fsp3) is 0.588. The maximum Gasteiger partial charge on any atom is 0.125 e. The lowest BCUT2D eigenvalue weighted by molar-refractivity contribution is 0.0997. The van der Waals surface area contributed by atoms with Crippen molar-refractivity contribution in [2.75, 3.05) is 0 Å². The van der Waals surface area contributed by atoms with Crippen LogP contribution in [0.15, 0.2) is 12.1 Å². The first-order chi connectivity index (χ1) is 9.36. The smallest absolute Gasteiger partial charge is 0.125 e. The molecule has 0 heterocycles. The molecule has 2 nitrogen and oxygen atoms in total. The molecule has 0 aromatic heterocycles. The Morgan fingerprint density at radius 2 is 1.60 bits per heavy atom. The van der Waals surface area contributed by atoms with E-state index in [-0.39, 0.29) is 0 Å². The van der Waals surface area contributed by atoms with Gasteiger partial charge in [-0.25, -0.2) is 0 Å². The summed E-state index contributed by atoms with van der Waals surface area (Å²) in [6.45, 7) is 8.78. The fourth-order valence-corrected chi connectivity index (χ4v) is 3.53. The van der Waals surface area contributed by atoms with Crippen molar-refractivity contribution in [1.29, 1.82) is 0 Å². The second kappa shape index (κ2) is 6.13. The Labute approximate surface area is 127 Å². The lowest BCUT2D eigenvalue weighted by Crippen LogP contribution is -2.29. The van der Waals surface area contributed by atoms with Gasteiger partial charge < -0.3 is 10.5 Å². The van der Waals surface area contributed by atoms with Crippen LogP contribution in [-0.2, 0) is 0 Å². The van der Waals surface area contributed by atoms with Crippen LogP contribution in [0.1, 0.15) is 49.8 Å². The normalized spacial score (nSPS) is 26.3. The third kappa shape index (κ3) is 3.51. The third-order valence-corrected chi connectivity index (χ3v) is 4.40. The Morgan fingerprint density at radius 1 is 1.10 bits per heavy atom. The first kappa shape index (κ1) is 15.3. The van der Waals surface area contributed by atoms with E-state index in [1.54, 1.807) is 0 Å². The van der Waals surface area contributed by atoms with Gasteiger partial charge in [0.15, 0.2) is 0 Å². The molecule has 1 aromatic rings. The van der Waals surface area contributed by atoms with Crippen molar-refractivity contribution in [1.82, 2.24) is 0 Å². The summed E-state index contributed by atoms with van der Waals surface area (Å²) in [7, 11) is 0.